The van der Waals surface area contributed by atoms with Crippen LogP contribution in [-0.4, -0.2) is 37.1 Å². The lowest BCUT2D eigenvalue weighted by molar-refractivity contribution is -0.148. The number of fused-ring (bicyclic) bond motifs is 1. The zero-order valence-electron chi connectivity index (χ0n) is 18.0. The van der Waals surface area contributed by atoms with Gasteiger partial charge < -0.3 is 19.8 Å². The van der Waals surface area contributed by atoms with Crippen LogP contribution in [0.4, 0.5) is 17.6 Å². The van der Waals surface area contributed by atoms with E-state index in [2.05, 4.69) is 23.3 Å². The number of hydrogen-bond acceptors (Lipinski definition) is 3. The molecule has 1 aromatic heterocycles. The second-order valence-electron chi connectivity index (χ2n) is 7.65. The topological polar surface area (TPSA) is 46.3 Å². The Hall–Kier alpha value is -2.74. The molecule has 4 nitrogen and oxygen atoms in total. The first-order chi connectivity index (χ1) is 15.4. The lowest BCUT2D eigenvalue weighted by atomic mass is 10.1. The van der Waals surface area contributed by atoms with E-state index in [1.807, 2.05) is 24.4 Å². The van der Waals surface area contributed by atoms with E-state index in [-0.39, 0.29) is 5.75 Å². The number of benzene rings is 2. The summed E-state index contributed by atoms with van der Waals surface area (Å²) in [7, 11) is 0. The highest BCUT2D eigenvalue weighted by Crippen LogP contribution is 2.25. The molecule has 3 rings (SSSR count). The van der Waals surface area contributed by atoms with Crippen LogP contribution in [0.25, 0.3) is 10.9 Å². The number of H-pyrrole nitrogens is 1. The third-order valence-electron chi connectivity index (χ3n) is 5.05. The zero-order valence-corrected chi connectivity index (χ0v) is 18.0. The highest BCUT2D eigenvalue weighted by molar-refractivity contribution is 5.84. The van der Waals surface area contributed by atoms with E-state index < -0.39 is 19.0 Å². The molecular formula is C24H28F4N2O2. The van der Waals surface area contributed by atoms with Gasteiger partial charge in [-0.05, 0) is 54.8 Å². The van der Waals surface area contributed by atoms with Gasteiger partial charge >= 0.3 is 12.3 Å². The maximum atomic E-state index is 13.0. The molecule has 8 heteroatoms. The van der Waals surface area contributed by atoms with Crippen molar-refractivity contribution in [2.75, 3.05) is 19.8 Å². The minimum absolute atomic E-state index is 0.137. The minimum atomic E-state index is -4.17. The lowest BCUT2D eigenvalue weighted by Crippen LogP contribution is -2.33. The highest BCUT2D eigenvalue weighted by Gasteiger charge is 2.41. The van der Waals surface area contributed by atoms with Crippen LogP contribution in [0.15, 0.2) is 48.7 Å². The Labute approximate surface area is 184 Å². The quantitative estimate of drug-likeness (QED) is 0.249. The molecule has 1 heterocycles. The Balaban J connectivity index is 1.47. The molecule has 3 aromatic rings. The Morgan fingerprint density at radius 2 is 1.88 bits per heavy atom. The van der Waals surface area contributed by atoms with Crippen molar-refractivity contribution >= 4 is 10.9 Å². The van der Waals surface area contributed by atoms with Gasteiger partial charge in [0.15, 0.2) is 6.61 Å². The van der Waals surface area contributed by atoms with E-state index in [0.29, 0.717) is 19.7 Å². The Morgan fingerprint density at radius 3 is 2.66 bits per heavy atom. The Kier molecular flexibility index (Phi) is 8.39. The molecule has 2 N–H and O–H groups in total. The van der Waals surface area contributed by atoms with Crippen LogP contribution < -0.4 is 14.8 Å². The molecule has 0 saturated heterocycles. The molecular weight excluding hydrogens is 424 g/mol. The molecule has 0 radical (unpaired) electrons. The van der Waals surface area contributed by atoms with Gasteiger partial charge in [-0.1, -0.05) is 25.5 Å². The van der Waals surface area contributed by atoms with Crippen LogP contribution in [0, 0.1) is 0 Å². The van der Waals surface area contributed by atoms with Crippen LogP contribution in [0.5, 0.6) is 11.5 Å². The van der Waals surface area contributed by atoms with Crippen molar-refractivity contribution in [3.63, 3.8) is 0 Å². The molecule has 32 heavy (non-hydrogen) atoms. The number of alkyl halides is 4. The first-order valence-electron chi connectivity index (χ1n) is 10.7. The first-order valence-corrected chi connectivity index (χ1v) is 10.7. The molecule has 0 aliphatic carbocycles. The summed E-state index contributed by atoms with van der Waals surface area (Å²) < 4.78 is 61.1. The van der Waals surface area contributed by atoms with Crippen molar-refractivity contribution in [2.24, 2.45) is 0 Å². The van der Waals surface area contributed by atoms with Crippen molar-refractivity contribution in [1.29, 1.82) is 0 Å². The van der Waals surface area contributed by atoms with E-state index in [9.17, 15) is 17.6 Å². The molecule has 0 unspecified atom stereocenters. The van der Waals surface area contributed by atoms with Crippen LogP contribution in [0.1, 0.15) is 30.9 Å². The number of halogens is 4. The van der Waals surface area contributed by atoms with Gasteiger partial charge in [-0.25, -0.2) is 8.78 Å². The summed E-state index contributed by atoms with van der Waals surface area (Å²) in [5.41, 5.74) is 3.02. The van der Waals surface area contributed by atoms with Crippen molar-refractivity contribution in [1.82, 2.24) is 10.3 Å². The monoisotopic (exact) mass is 452 g/mol. The molecule has 0 aliphatic rings. The molecule has 0 bridgehead atoms. The number of unbranched alkanes of at least 4 members (excludes halogenated alkanes) is 1. The summed E-state index contributed by atoms with van der Waals surface area (Å²) in [6, 6.07) is 12.5. The molecule has 0 aliphatic heterocycles. The summed E-state index contributed by atoms with van der Waals surface area (Å²) in [5.74, 6) is -3.18. The van der Waals surface area contributed by atoms with E-state index in [0.717, 1.165) is 41.5 Å². The average Bonchev–Trinajstić information content (AvgIpc) is 3.18. The van der Waals surface area contributed by atoms with Gasteiger partial charge in [0.05, 0.1) is 6.61 Å². The number of nitrogens with one attached hydrogen (secondary N) is 2. The minimum Gasteiger partial charge on any atom is -0.494 e. The molecule has 174 valence electrons. The normalized spacial score (nSPS) is 11.9. The molecule has 0 fully saturated rings. The number of rotatable bonds is 13. The number of aromatic amines is 1. The molecule has 0 saturated carbocycles. The zero-order chi connectivity index (χ0) is 23.0. The third-order valence-corrected chi connectivity index (χ3v) is 5.05. The van der Waals surface area contributed by atoms with E-state index in [1.54, 1.807) is 12.1 Å². The molecule has 2 aromatic carbocycles. The van der Waals surface area contributed by atoms with Gasteiger partial charge in [-0.3, -0.25) is 0 Å². The maximum absolute atomic E-state index is 13.0. The van der Waals surface area contributed by atoms with Crippen LogP contribution in [0.3, 0.4) is 0 Å². The Bertz CT molecular complexity index is 991. The summed E-state index contributed by atoms with van der Waals surface area (Å²) in [4.78, 5) is 3.28. The molecule has 0 amide bonds. The summed E-state index contributed by atoms with van der Waals surface area (Å²) in [6.45, 7) is 2.69. The fourth-order valence-corrected chi connectivity index (χ4v) is 3.24. The van der Waals surface area contributed by atoms with Gasteiger partial charge in [-0.15, -0.1) is 0 Å². The lowest BCUT2D eigenvalue weighted by Gasteiger charge is -2.16. The summed E-state index contributed by atoms with van der Waals surface area (Å²) in [5, 5.41) is 4.45. The van der Waals surface area contributed by atoms with Crippen molar-refractivity contribution in [3.05, 3.63) is 59.8 Å². The highest BCUT2D eigenvalue weighted by atomic mass is 19.3. The molecule has 0 spiro atoms. The van der Waals surface area contributed by atoms with Gasteiger partial charge in [0, 0.05) is 29.7 Å². The number of aromatic nitrogens is 1. The van der Waals surface area contributed by atoms with Gasteiger partial charge in [0.1, 0.15) is 11.5 Å². The fraction of sp³-hybridized carbons (Fsp3) is 0.417. The number of ether oxygens (including phenoxy) is 2. The maximum Gasteiger partial charge on any atom is 0.340 e. The third kappa shape index (κ3) is 6.63. The van der Waals surface area contributed by atoms with E-state index >= 15 is 0 Å². The van der Waals surface area contributed by atoms with Crippen LogP contribution in [-0.2, 0) is 13.0 Å². The Morgan fingerprint density at radius 1 is 1.06 bits per heavy atom. The van der Waals surface area contributed by atoms with E-state index in [1.165, 1.54) is 11.6 Å². The van der Waals surface area contributed by atoms with Crippen LogP contribution in [0.2, 0.25) is 0 Å². The van der Waals surface area contributed by atoms with Crippen molar-refractivity contribution < 1.29 is 27.0 Å². The van der Waals surface area contributed by atoms with Crippen molar-refractivity contribution in [2.45, 2.75) is 45.1 Å². The van der Waals surface area contributed by atoms with Crippen LogP contribution >= 0.6 is 0 Å². The van der Waals surface area contributed by atoms with E-state index in [4.69, 9.17) is 9.47 Å². The van der Waals surface area contributed by atoms with Gasteiger partial charge in [0.25, 0.3) is 0 Å². The fourth-order valence-electron chi connectivity index (χ4n) is 3.24. The molecule has 0 atom stereocenters. The number of hydrogen-bond donors (Lipinski definition) is 2. The van der Waals surface area contributed by atoms with Crippen molar-refractivity contribution in [3.8, 4) is 11.5 Å². The SMILES string of the molecule is CCCCOc1ccc2c(CCNCc3cccc(OCC(F)(F)C(F)F)c3)c[nH]c2c1. The summed E-state index contributed by atoms with van der Waals surface area (Å²) >= 11 is 0. The second-order valence-corrected chi connectivity index (χ2v) is 7.65. The predicted octanol–water partition coefficient (Wildman–Crippen LogP) is 5.96. The van der Waals surface area contributed by atoms with Gasteiger partial charge in [-0.2, -0.15) is 8.78 Å². The first kappa shape index (κ1) is 23.9. The van der Waals surface area contributed by atoms with Gasteiger partial charge in [0.2, 0.25) is 0 Å². The summed E-state index contributed by atoms with van der Waals surface area (Å²) in [6.07, 6.45) is 1.15. The average molecular weight is 452 g/mol. The predicted molar refractivity (Wildman–Crippen MR) is 117 cm³/mol. The largest absolute Gasteiger partial charge is 0.494 e. The second kappa shape index (κ2) is 11.2. The smallest absolute Gasteiger partial charge is 0.340 e. The standard InChI is InChI=1S/C24H28F4N2O2/c1-2-3-11-31-20-7-8-21-18(15-30-22(21)13-20)9-10-29-14-17-5-4-6-19(12-17)32-16-24(27,28)23(25)26/h4-8,12-13,15,23,29-30H,2-3,9-11,14,16H2,1H3.